The Bertz CT molecular complexity index is 335. The molecule has 0 saturated heterocycles. The highest BCUT2D eigenvalue weighted by atomic mass is 16.5. The number of rotatable bonds is 6. The van der Waals surface area contributed by atoms with Crippen LogP contribution in [0.1, 0.15) is 19.8 Å². The number of primary amides is 1. The Hall–Kier alpha value is -1.71. The molecule has 1 rings (SSSR count). The molecule has 0 aliphatic rings. The summed E-state index contributed by atoms with van der Waals surface area (Å²) < 4.78 is 5.05. The van der Waals surface area contributed by atoms with Crippen molar-refractivity contribution >= 4 is 11.6 Å². The molecule has 0 aliphatic heterocycles. The van der Waals surface area contributed by atoms with E-state index >= 15 is 0 Å². The molecule has 1 aromatic rings. The standard InChI is InChI=1S/C12H18N2O2/c1-3-4-11(12(13)15)14-9-5-7-10(16-2)8-6-9/h5-8,11,14H,3-4H2,1-2H3,(H2,13,15). The van der Waals surface area contributed by atoms with Gasteiger partial charge in [-0.05, 0) is 30.7 Å². The van der Waals surface area contributed by atoms with Gasteiger partial charge in [0.15, 0.2) is 0 Å². The van der Waals surface area contributed by atoms with Crippen molar-refractivity contribution in [2.45, 2.75) is 25.8 Å². The minimum absolute atomic E-state index is 0.307. The molecular weight excluding hydrogens is 204 g/mol. The van der Waals surface area contributed by atoms with Crippen molar-refractivity contribution in [3.8, 4) is 5.75 Å². The van der Waals surface area contributed by atoms with Gasteiger partial charge in [-0.2, -0.15) is 0 Å². The lowest BCUT2D eigenvalue weighted by Crippen LogP contribution is -2.35. The first-order valence-corrected chi connectivity index (χ1v) is 5.37. The largest absolute Gasteiger partial charge is 0.497 e. The van der Waals surface area contributed by atoms with Crippen LogP contribution in [0, 0.1) is 0 Å². The summed E-state index contributed by atoms with van der Waals surface area (Å²) >= 11 is 0. The molecule has 0 aromatic heterocycles. The fourth-order valence-electron chi connectivity index (χ4n) is 1.46. The lowest BCUT2D eigenvalue weighted by Gasteiger charge is -2.15. The van der Waals surface area contributed by atoms with Gasteiger partial charge in [0.1, 0.15) is 11.8 Å². The van der Waals surface area contributed by atoms with Crippen molar-refractivity contribution < 1.29 is 9.53 Å². The van der Waals surface area contributed by atoms with Crippen LogP contribution in [0.2, 0.25) is 0 Å². The second-order valence-electron chi connectivity index (χ2n) is 3.62. The fraction of sp³-hybridized carbons (Fsp3) is 0.417. The molecular formula is C12H18N2O2. The second kappa shape index (κ2) is 6.00. The van der Waals surface area contributed by atoms with E-state index in [9.17, 15) is 4.79 Å². The smallest absolute Gasteiger partial charge is 0.239 e. The summed E-state index contributed by atoms with van der Waals surface area (Å²) in [5, 5.41) is 3.10. The molecule has 1 unspecified atom stereocenters. The van der Waals surface area contributed by atoms with E-state index < -0.39 is 0 Å². The highest BCUT2D eigenvalue weighted by Gasteiger charge is 2.13. The summed E-state index contributed by atoms with van der Waals surface area (Å²) in [5.74, 6) is 0.467. The molecule has 4 nitrogen and oxygen atoms in total. The molecule has 1 aromatic carbocycles. The molecule has 1 amide bonds. The van der Waals surface area contributed by atoms with Crippen LogP contribution in [0.15, 0.2) is 24.3 Å². The van der Waals surface area contributed by atoms with Crippen LogP contribution in [0.5, 0.6) is 5.75 Å². The molecule has 0 saturated carbocycles. The van der Waals surface area contributed by atoms with Gasteiger partial charge in [-0.1, -0.05) is 13.3 Å². The maximum Gasteiger partial charge on any atom is 0.239 e. The first-order valence-electron chi connectivity index (χ1n) is 5.37. The summed E-state index contributed by atoms with van der Waals surface area (Å²) in [7, 11) is 1.62. The van der Waals surface area contributed by atoms with Crippen LogP contribution in [0.3, 0.4) is 0 Å². The van der Waals surface area contributed by atoms with E-state index in [0.717, 1.165) is 24.3 Å². The highest BCUT2D eigenvalue weighted by molar-refractivity contribution is 5.82. The Morgan fingerprint density at radius 1 is 1.44 bits per heavy atom. The van der Waals surface area contributed by atoms with Gasteiger partial charge >= 0.3 is 0 Å². The third-order valence-corrected chi connectivity index (χ3v) is 2.35. The van der Waals surface area contributed by atoms with Gasteiger partial charge < -0.3 is 15.8 Å². The predicted octanol–water partition coefficient (Wildman–Crippen LogP) is 1.76. The van der Waals surface area contributed by atoms with E-state index in [1.807, 2.05) is 31.2 Å². The van der Waals surface area contributed by atoms with Gasteiger partial charge in [0.05, 0.1) is 7.11 Å². The van der Waals surface area contributed by atoms with Gasteiger partial charge in [0.25, 0.3) is 0 Å². The summed E-state index contributed by atoms with van der Waals surface area (Å²) in [6, 6.07) is 7.10. The van der Waals surface area contributed by atoms with Crippen molar-refractivity contribution in [3.63, 3.8) is 0 Å². The Balaban J connectivity index is 2.65. The zero-order valence-corrected chi connectivity index (χ0v) is 9.69. The summed E-state index contributed by atoms with van der Waals surface area (Å²) in [6.07, 6.45) is 1.65. The third-order valence-electron chi connectivity index (χ3n) is 2.35. The van der Waals surface area contributed by atoms with Crippen molar-refractivity contribution in [2.24, 2.45) is 5.73 Å². The van der Waals surface area contributed by atoms with Gasteiger partial charge in [0, 0.05) is 5.69 Å². The zero-order chi connectivity index (χ0) is 12.0. The third kappa shape index (κ3) is 3.46. The number of benzene rings is 1. The number of hydrogen-bond acceptors (Lipinski definition) is 3. The Morgan fingerprint density at radius 2 is 2.06 bits per heavy atom. The van der Waals surface area contributed by atoms with Crippen LogP contribution in [0.4, 0.5) is 5.69 Å². The predicted molar refractivity (Wildman–Crippen MR) is 64.5 cm³/mol. The molecule has 0 heterocycles. The zero-order valence-electron chi connectivity index (χ0n) is 9.69. The van der Waals surface area contributed by atoms with Crippen molar-refractivity contribution in [3.05, 3.63) is 24.3 Å². The van der Waals surface area contributed by atoms with E-state index in [-0.39, 0.29) is 11.9 Å². The number of carbonyl (C=O) groups excluding carboxylic acids is 1. The monoisotopic (exact) mass is 222 g/mol. The molecule has 88 valence electrons. The number of ether oxygens (including phenoxy) is 1. The number of hydrogen-bond donors (Lipinski definition) is 2. The molecule has 0 fully saturated rings. The maximum absolute atomic E-state index is 11.2. The van der Waals surface area contributed by atoms with E-state index in [4.69, 9.17) is 10.5 Å². The molecule has 0 aliphatic carbocycles. The first-order chi connectivity index (χ1) is 7.67. The van der Waals surface area contributed by atoms with Crippen LogP contribution in [-0.4, -0.2) is 19.1 Å². The van der Waals surface area contributed by atoms with Gasteiger partial charge in [-0.15, -0.1) is 0 Å². The number of nitrogens with two attached hydrogens (primary N) is 1. The Kier molecular flexibility index (Phi) is 4.64. The van der Waals surface area contributed by atoms with E-state index in [2.05, 4.69) is 5.32 Å². The lowest BCUT2D eigenvalue weighted by molar-refractivity contribution is -0.118. The van der Waals surface area contributed by atoms with Gasteiger partial charge in [-0.25, -0.2) is 0 Å². The van der Waals surface area contributed by atoms with Crippen molar-refractivity contribution in [2.75, 3.05) is 12.4 Å². The van der Waals surface area contributed by atoms with E-state index in [0.29, 0.717) is 0 Å². The van der Waals surface area contributed by atoms with Crippen LogP contribution < -0.4 is 15.8 Å². The van der Waals surface area contributed by atoms with Gasteiger partial charge in [-0.3, -0.25) is 4.79 Å². The minimum atomic E-state index is -0.322. The quantitative estimate of drug-likeness (QED) is 0.770. The first kappa shape index (κ1) is 12.4. The summed E-state index contributed by atoms with van der Waals surface area (Å²) in [6.45, 7) is 2.02. The van der Waals surface area contributed by atoms with E-state index in [1.54, 1.807) is 7.11 Å². The Morgan fingerprint density at radius 3 is 2.50 bits per heavy atom. The lowest BCUT2D eigenvalue weighted by atomic mass is 10.1. The topological polar surface area (TPSA) is 64.3 Å². The molecule has 1 atom stereocenters. The number of methoxy groups -OCH3 is 1. The van der Waals surface area contributed by atoms with Crippen LogP contribution >= 0.6 is 0 Å². The highest BCUT2D eigenvalue weighted by Crippen LogP contribution is 2.16. The van der Waals surface area contributed by atoms with Crippen LogP contribution in [-0.2, 0) is 4.79 Å². The number of carbonyl (C=O) groups is 1. The van der Waals surface area contributed by atoms with Gasteiger partial charge in [0.2, 0.25) is 5.91 Å². The molecule has 0 spiro atoms. The van der Waals surface area contributed by atoms with Crippen molar-refractivity contribution in [1.29, 1.82) is 0 Å². The number of amides is 1. The molecule has 0 radical (unpaired) electrons. The average Bonchev–Trinajstić information content (AvgIpc) is 2.29. The number of nitrogens with one attached hydrogen (secondary N) is 1. The molecule has 4 heteroatoms. The minimum Gasteiger partial charge on any atom is -0.497 e. The molecule has 16 heavy (non-hydrogen) atoms. The molecule has 0 bridgehead atoms. The van der Waals surface area contributed by atoms with E-state index in [1.165, 1.54) is 0 Å². The number of anilines is 1. The maximum atomic E-state index is 11.2. The molecule has 3 N–H and O–H groups in total. The van der Waals surface area contributed by atoms with Crippen molar-refractivity contribution in [1.82, 2.24) is 0 Å². The average molecular weight is 222 g/mol. The van der Waals surface area contributed by atoms with Crippen LogP contribution in [0.25, 0.3) is 0 Å². The normalized spacial score (nSPS) is 11.9. The summed E-state index contributed by atoms with van der Waals surface area (Å²) in [5.41, 5.74) is 6.17. The second-order valence-corrected chi connectivity index (χ2v) is 3.62. The Labute approximate surface area is 95.8 Å². The SMILES string of the molecule is CCCC(Nc1ccc(OC)cc1)C(N)=O. The fourth-order valence-corrected chi connectivity index (χ4v) is 1.46. The summed E-state index contributed by atoms with van der Waals surface area (Å²) in [4.78, 5) is 11.2.